The number of amides is 3. The Morgan fingerprint density at radius 3 is 2.67 bits per heavy atom. The van der Waals surface area contributed by atoms with Crippen molar-refractivity contribution in [1.29, 1.82) is 0 Å². The fraction of sp³-hybridized carbons (Fsp3) is 0.393. The lowest BCUT2D eigenvalue weighted by molar-refractivity contribution is -0.132. The fourth-order valence-corrected chi connectivity index (χ4v) is 5.46. The highest BCUT2D eigenvalue weighted by Gasteiger charge is 2.49. The number of nitrogens with zero attached hydrogens (tertiary/aromatic N) is 1. The maximum Gasteiger partial charge on any atom is 0.255 e. The predicted molar refractivity (Wildman–Crippen MR) is 137 cm³/mol. The minimum atomic E-state index is -0.732. The minimum absolute atomic E-state index is 0.120. The molecule has 8 nitrogen and oxygen atoms in total. The molecule has 0 spiro atoms. The summed E-state index contributed by atoms with van der Waals surface area (Å²) in [6.07, 6.45) is 1.07. The second-order valence-corrected chi connectivity index (χ2v) is 9.85. The number of carbonyl (C=O) groups is 3. The second kappa shape index (κ2) is 9.78. The average Bonchev–Trinajstić information content (AvgIpc) is 3.40. The van der Waals surface area contributed by atoms with Gasteiger partial charge in [0.05, 0.1) is 6.04 Å². The van der Waals surface area contributed by atoms with Crippen molar-refractivity contribution in [3.63, 3.8) is 0 Å². The van der Waals surface area contributed by atoms with E-state index >= 15 is 0 Å². The molecule has 1 aromatic heterocycles. The third-order valence-corrected chi connectivity index (χ3v) is 7.23. The largest absolute Gasteiger partial charge is 0.385 e. The van der Waals surface area contributed by atoms with E-state index in [2.05, 4.69) is 15.6 Å². The first-order valence-electron chi connectivity index (χ1n) is 12.5. The summed E-state index contributed by atoms with van der Waals surface area (Å²) in [7, 11) is 1.62. The number of aromatic nitrogens is 1. The average molecular weight is 489 g/mol. The first kappa shape index (κ1) is 24.1. The van der Waals surface area contributed by atoms with E-state index in [1.54, 1.807) is 12.0 Å². The molecular weight excluding hydrogens is 456 g/mol. The number of hydrogen-bond donors (Lipinski definition) is 3. The molecule has 36 heavy (non-hydrogen) atoms. The van der Waals surface area contributed by atoms with Crippen LogP contribution in [0.1, 0.15) is 53.5 Å². The Labute approximate surface area is 210 Å². The van der Waals surface area contributed by atoms with Crippen LogP contribution >= 0.6 is 0 Å². The van der Waals surface area contributed by atoms with Gasteiger partial charge in [-0.25, -0.2) is 0 Å². The highest BCUT2D eigenvalue weighted by molar-refractivity contribution is 6.04. The molecule has 2 aliphatic rings. The van der Waals surface area contributed by atoms with Crippen molar-refractivity contribution in [3.05, 3.63) is 70.9 Å². The first-order valence-corrected chi connectivity index (χ1v) is 12.5. The monoisotopic (exact) mass is 488 g/mol. The van der Waals surface area contributed by atoms with Gasteiger partial charge in [0, 0.05) is 48.8 Å². The highest BCUT2D eigenvalue weighted by Crippen LogP contribution is 2.46. The lowest BCUT2D eigenvalue weighted by atomic mass is 9.89. The van der Waals surface area contributed by atoms with E-state index in [1.165, 1.54) is 0 Å². The number of benzene rings is 2. The first-order chi connectivity index (χ1) is 17.4. The van der Waals surface area contributed by atoms with Crippen LogP contribution in [0.15, 0.2) is 48.5 Å². The molecule has 3 N–H and O–H groups in total. The number of para-hydroxylation sites is 1. The topological polar surface area (TPSA) is 104 Å². The summed E-state index contributed by atoms with van der Waals surface area (Å²) in [6.45, 7) is 4.82. The van der Waals surface area contributed by atoms with Crippen molar-refractivity contribution in [2.24, 2.45) is 5.92 Å². The Bertz CT molecular complexity index is 1310. The van der Waals surface area contributed by atoms with Gasteiger partial charge in [-0.1, -0.05) is 50.2 Å². The molecule has 8 heteroatoms. The summed E-state index contributed by atoms with van der Waals surface area (Å²) in [4.78, 5) is 45.5. The number of H-pyrrole nitrogens is 1. The van der Waals surface area contributed by atoms with Crippen LogP contribution in [0.3, 0.4) is 0 Å². The molecule has 188 valence electrons. The quantitative estimate of drug-likeness (QED) is 0.424. The van der Waals surface area contributed by atoms with Crippen LogP contribution in [0, 0.1) is 5.92 Å². The molecule has 0 bridgehead atoms. The smallest absolute Gasteiger partial charge is 0.255 e. The van der Waals surface area contributed by atoms with E-state index in [0.29, 0.717) is 31.6 Å². The maximum atomic E-state index is 13.8. The van der Waals surface area contributed by atoms with E-state index in [1.807, 2.05) is 62.4 Å². The minimum Gasteiger partial charge on any atom is -0.385 e. The number of hydrogen-bond acceptors (Lipinski definition) is 4. The molecule has 3 amide bonds. The van der Waals surface area contributed by atoms with Crippen molar-refractivity contribution in [3.8, 4) is 0 Å². The second-order valence-electron chi connectivity index (χ2n) is 9.85. The van der Waals surface area contributed by atoms with Gasteiger partial charge in [-0.3, -0.25) is 14.4 Å². The predicted octanol–water partition coefficient (Wildman–Crippen LogP) is 2.93. The Kier molecular flexibility index (Phi) is 6.53. The number of nitrogens with one attached hydrogen (secondary N) is 3. The third-order valence-electron chi connectivity index (χ3n) is 7.23. The van der Waals surface area contributed by atoms with Crippen LogP contribution in [-0.2, 0) is 20.7 Å². The van der Waals surface area contributed by atoms with Crippen LogP contribution < -0.4 is 10.6 Å². The molecule has 0 aliphatic carbocycles. The molecule has 3 atom stereocenters. The number of aromatic amines is 1. The summed E-state index contributed by atoms with van der Waals surface area (Å²) in [5, 5.41) is 6.92. The van der Waals surface area contributed by atoms with Crippen molar-refractivity contribution >= 4 is 28.6 Å². The van der Waals surface area contributed by atoms with Gasteiger partial charge in [0.1, 0.15) is 12.1 Å². The molecule has 5 rings (SSSR count). The molecule has 0 saturated heterocycles. The standard InChI is InChI=1S/C28H32N4O4/c1-16(2)23(27(34)29-13-8-14-36-3)31-26(33)22-15-20-17-9-6-7-12-21(17)30-24(20)25-18-10-4-5-11-19(18)28(35)32(22)25/h4-7,9-12,16,22-23,25,30H,8,13-15H2,1-3H3,(H,29,34)(H,31,33)/t22-,23-,25-/m0/s1. The van der Waals surface area contributed by atoms with Crippen LogP contribution in [0.2, 0.25) is 0 Å². The molecule has 2 aliphatic heterocycles. The normalized spacial score (nSPS) is 19.1. The molecule has 3 aromatic rings. The van der Waals surface area contributed by atoms with Gasteiger partial charge in [0.15, 0.2) is 0 Å². The lowest BCUT2D eigenvalue weighted by Crippen LogP contribution is -2.57. The Morgan fingerprint density at radius 1 is 1.14 bits per heavy atom. The van der Waals surface area contributed by atoms with Gasteiger partial charge in [0.25, 0.3) is 5.91 Å². The Hall–Kier alpha value is -3.65. The molecule has 0 fully saturated rings. The molecule has 0 saturated carbocycles. The number of ether oxygens (including phenoxy) is 1. The number of fused-ring (bicyclic) bond motifs is 7. The zero-order valence-electron chi connectivity index (χ0n) is 20.8. The van der Waals surface area contributed by atoms with E-state index in [-0.39, 0.29) is 29.7 Å². The van der Waals surface area contributed by atoms with Crippen LogP contribution in [0.25, 0.3) is 10.9 Å². The molecule has 2 aromatic carbocycles. The number of rotatable bonds is 8. The number of carbonyl (C=O) groups excluding carboxylic acids is 3. The zero-order chi connectivity index (χ0) is 25.4. The van der Waals surface area contributed by atoms with Crippen molar-refractivity contribution in [2.45, 2.75) is 44.8 Å². The van der Waals surface area contributed by atoms with Crippen molar-refractivity contribution < 1.29 is 19.1 Å². The summed E-state index contributed by atoms with van der Waals surface area (Å²) in [5.41, 5.74) is 4.49. The zero-order valence-corrected chi connectivity index (χ0v) is 20.8. The van der Waals surface area contributed by atoms with E-state index < -0.39 is 12.1 Å². The summed E-state index contributed by atoms with van der Waals surface area (Å²) in [5.74, 6) is -0.829. The van der Waals surface area contributed by atoms with Crippen molar-refractivity contribution in [1.82, 2.24) is 20.5 Å². The summed E-state index contributed by atoms with van der Waals surface area (Å²) in [6, 6.07) is 13.7. The van der Waals surface area contributed by atoms with Gasteiger partial charge < -0.3 is 25.3 Å². The Morgan fingerprint density at radius 2 is 1.89 bits per heavy atom. The molecule has 0 unspecified atom stereocenters. The van der Waals surface area contributed by atoms with Gasteiger partial charge in [0.2, 0.25) is 11.8 Å². The lowest BCUT2D eigenvalue weighted by Gasteiger charge is -2.38. The van der Waals surface area contributed by atoms with Gasteiger partial charge >= 0.3 is 0 Å². The van der Waals surface area contributed by atoms with Crippen molar-refractivity contribution in [2.75, 3.05) is 20.3 Å². The Balaban J connectivity index is 1.48. The van der Waals surface area contributed by atoms with E-state index in [0.717, 1.165) is 27.7 Å². The fourth-order valence-electron chi connectivity index (χ4n) is 5.46. The van der Waals surface area contributed by atoms with Crippen LogP contribution in [0.5, 0.6) is 0 Å². The third kappa shape index (κ3) is 4.05. The maximum absolute atomic E-state index is 13.8. The molecule has 3 heterocycles. The summed E-state index contributed by atoms with van der Waals surface area (Å²) >= 11 is 0. The summed E-state index contributed by atoms with van der Waals surface area (Å²) < 4.78 is 5.04. The van der Waals surface area contributed by atoms with Gasteiger partial charge in [-0.15, -0.1) is 0 Å². The highest BCUT2D eigenvalue weighted by atomic mass is 16.5. The molecular formula is C28H32N4O4. The number of methoxy groups -OCH3 is 1. The van der Waals surface area contributed by atoms with E-state index in [9.17, 15) is 14.4 Å². The van der Waals surface area contributed by atoms with Crippen LogP contribution in [-0.4, -0.2) is 60.0 Å². The SMILES string of the molecule is COCCCNC(=O)[C@@H](NC(=O)[C@@H]1Cc2c([nH]c3ccccc23)[C@@H]2c3ccccc3C(=O)N21)C(C)C. The molecule has 0 radical (unpaired) electrons. The van der Waals surface area contributed by atoms with E-state index in [4.69, 9.17) is 4.74 Å². The van der Waals surface area contributed by atoms with Gasteiger partial charge in [-0.2, -0.15) is 0 Å². The van der Waals surface area contributed by atoms with Crippen LogP contribution in [0.4, 0.5) is 0 Å². The van der Waals surface area contributed by atoms with Gasteiger partial charge in [-0.05, 0) is 35.6 Å².